The number of carbonyl (C=O) groups is 1. The first-order chi connectivity index (χ1) is 9.16. The minimum absolute atomic E-state index is 0.496. The fourth-order valence-electron chi connectivity index (χ4n) is 2.36. The van der Waals surface area contributed by atoms with Crippen LogP contribution in [0, 0.1) is 0 Å². The molecule has 1 heterocycles. The van der Waals surface area contributed by atoms with Crippen molar-refractivity contribution in [2.45, 2.75) is 11.7 Å². The van der Waals surface area contributed by atoms with Crippen LogP contribution in [0.3, 0.4) is 0 Å². The molecule has 0 radical (unpaired) electrons. The molecule has 1 saturated heterocycles. The largest absolute Gasteiger partial charge is 0.348 e. The smallest absolute Gasteiger partial charge is 0.152 e. The van der Waals surface area contributed by atoms with Crippen LogP contribution in [0.4, 0.5) is 0 Å². The Labute approximate surface area is 120 Å². The van der Waals surface area contributed by atoms with E-state index < -0.39 is 11.7 Å². The quantitative estimate of drug-likeness (QED) is 0.635. The van der Waals surface area contributed by atoms with E-state index in [0.717, 1.165) is 17.4 Å². The Balaban J connectivity index is 2.14. The summed E-state index contributed by atoms with van der Waals surface area (Å²) in [7, 11) is 0. The lowest BCUT2D eigenvalue weighted by atomic mass is 9.88. The minimum Gasteiger partial charge on any atom is -0.348 e. The van der Waals surface area contributed by atoms with E-state index >= 15 is 0 Å². The van der Waals surface area contributed by atoms with Crippen LogP contribution in [0.1, 0.15) is 11.1 Å². The molecule has 0 aliphatic carbocycles. The highest BCUT2D eigenvalue weighted by molar-refractivity contribution is 6.31. The van der Waals surface area contributed by atoms with E-state index in [4.69, 9.17) is 27.9 Å². The van der Waals surface area contributed by atoms with Crippen LogP contribution in [0.2, 0.25) is 10.0 Å². The van der Waals surface area contributed by atoms with Gasteiger partial charge in [-0.05, 0) is 35.4 Å². The lowest BCUT2D eigenvalue weighted by molar-refractivity contribution is -0.108. The molecule has 19 heavy (non-hydrogen) atoms. The van der Waals surface area contributed by atoms with Crippen molar-refractivity contribution in [2.75, 3.05) is 0 Å². The molecule has 1 atom stereocenters. The van der Waals surface area contributed by atoms with E-state index in [-0.39, 0.29) is 0 Å². The van der Waals surface area contributed by atoms with Crippen molar-refractivity contribution >= 4 is 29.5 Å². The molecule has 0 saturated carbocycles. The van der Waals surface area contributed by atoms with Crippen molar-refractivity contribution in [2.24, 2.45) is 0 Å². The number of rotatable bonds is 3. The molecule has 4 heteroatoms. The van der Waals surface area contributed by atoms with Gasteiger partial charge in [-0.1, -0.05) is 47.5 Å². The van der Waals surface area contributed by atoms with Gasteiger partial charge in [0.1, 0.15) is 0 Å². The number of epoxide rings is 1. The zero-order valence-electron chi connectivity index (χ0n) is 9.85. The lowest BCUT2D eigenvalue weighted by Gasteiger charge is -2.14. The first-order valence-electron chi connectivity index (χ1n) is 5.82. The molecular weight excluding hydrogens is 283 g/mol. The van der Waals surface area contributed by atoms with Crippen LogP contribution >= 0.6 is 23.2 Å². The molecule has 0 bridgehead atoms. The Morgan fingerprint density at radius 1 is 1.00 bits per heavy atom. The molecule has 3 rings (SSSR count). The average molecular weight is 293 g/mol. The maximum atomic E-state index is 11.1. The van der Waals surface area contributed by atoms with E-state index in [1.54, 1.807) is 12.1 Å². The summed E-state index contributed by atoms with van der Waals surface area (Å²) < 4.78 is 5.65. The molecule has 0 spiro atoms. The van der Waals surface area contributed by atoms with E-state index in [0.29, 0.717) is 10.0 Å². The van der Waals surface area contributed by atoms with Crippen molar-refractivity contribution in [3.05, 3.63) is 69.7 Å². The molecule has 1 aliphatic heterocycles. The highest BCUT2D eigenvalue weighted by Crippen LogP contribution is 2.51. The Morgan fingerprint density at radius 2 is 1.53 bits per heavy atom. The summed E-state index contributed by atoms with van der Waals surface area (Å²) in [6.45, 7) is 0. The van der Waals surface area contributed by atoms with Gasteiger partial charge in [0.05, 0.1) is 0 Å². The number of hydrogen-bond acceptors (Lipinski definition) is 2. The number of carbonyl (C=O) groups excluding carboxylic acids is 1. The van der Waals surface area contributed by atoms with Crippen molar-refractivity contribution in [3.8, 4) is 0 Å². The molecule has 1 unspecified atom stereocenters. The summed E-state index contributed by atoms with van der Waals surface area (Å²) in [4.78, 5) is 11.1. The zero-order chi connectivity index (χ0) is 13.5. The van der Waals surface area contributed by atoms with E-state index in [1.165, 1.54) is 0 Å². The highest BCUT2D eigenvalue weighted by Gasteiger charge is 2.59. The summed E-state index contributed by atoms with van der Waals surface area (Å²) in [5, 5.41) is 1.22. The van der Waals surface area contributed by atoms with Crippen molar-refractivity contribution < 1.29 is 9.53 Å². The first-order valence-corrected chi connectivity index (χ1v) is 6.57. The number of benzene rings is 2. The van der Waals surface area contributed by atoms with Gasteiger partial charge >= 0.3 is 0 Å². The van der Waals surface area contributed by atoms with Gasteiger partial charge in [-0.3, -0.25) is 0 Å². The van der Waals surface area contributed by atoms with Gasteiger partial charge in [-0.2, -0.15) is 0 Å². The monoisotopic (exact) mass is 292 g/mol. The van der Waals surface area contributed by atoms with Crippen molar-refractivity contribution in [1.82, 2.24) is 0 Å². The summed E-state index contributed by atoms with van der Waals surface area (Å²) in [5.74, 6) is 0. The van der Waals surface area contributed by atoms with E-state index in [2.05, 4.69) is 0 Å². The van der Waals surface area contributed by atoms with Gasteiger partial charge in [0.25, 0.3) is 0 Å². The van der Waals surface area contributed by atoms with E-state index in [9.17, 15) is 4.79 Å². The molecule has 1 aliphatic rings. The lowest BCUT2D eigenvalue weighted by Crippen LogP contribution is -2.15. The SMILES string of the molecule is O=CC1OC1(c1cccc(Cl)c1)c1cccc(Cl)c1. The fraction of sp³-hybridized carbons (Fsp3) is 0.133. The maximum absolute atomic E-state index is 11.1. The molecule has 0 aromatic heterocycles. The molecular formula is C15H10Cl2O2. The van der Waals surface area contributed by atoms with Gasteiger partial charge < -0.3 is 9.53 Å². The zero-order valence-corrected chi connectivity index (χ0v) is 11.4. The van der Waals surface area contributed by atoms with E-state index in [1.807, 2.05) is 36.4 Å². The minimum atomic E-state index is -0.752. The molecule has 1 fully saturated rings. The van der Waals surface area contributed by atoms with Crippen LogP contribution in [0.5, 0.6) is 0 Å². The topological polar surface area (TPSA) is 29.6 Å². The molecule has 0 N–H and O–H groups in total. The Bertz CT molecular complexity index is 594. The summed E-state index contributed by atoms with van der Waals surface area (Å²) in [6, 6.07) is 14.7. The second-order valence-corrected chi connectivity index (χ2v) is 5.30. The summed E-state index contributed by atoms with van der Waals surface area (Å²) in [6.07, 6.45) is 0.311. The van der Waals surface area contributed by atoms with Crippen LogP contribution in [-0.4, -0.2) is 12.4 Å². The Morgan fingerprint density at radius 3 is 1.89 bits per heavy atom. The van der Waals surface area contributed by atoms with Gasteiger partial charge in [0, 0.05) is 10.0 Å². The molecule has 96 valence electrons. The highest BCUT2D eigenvalue weighted by atomic mass is 35.5. The first kappa shape index (κ1) is 12.7. The fourth-order valence-corrected chi connectivity index (χ4v) is 2.74. The third kappa shape index (κ3) is 2.06. The second kappa shape index (κ2) is 4.64. The summed E-state index contributed by atoms with van der Waals surface area (Å²) in [5.41, 5.74) is 0.969. The van der Waals surface area contributed by atoms with Crippen molar-refractivity contribution in [3.63, 3.8) is 0 Å². The summed E-state index contributed by atoms with van der Waals surface area (Å²) >= 11 is 12.0. The van der Waals surface area contributed by atoms with Crippen LogP contribution in [-0.2, 0) is 15.1 Å². The number of aldehydes is 1. The predicted molar refractivity (Wildman–Crippen MR) is 74.6 cm³/mol. The Kier molecular flexibility index (Phi) is 3.09. The van der Waals surface area contributed by atoms with Gasteiger partial charge in [-0.15, -0.1) is 0 Å². The average Bonchev–Trinajstić information content (AvgIpc) is 3.14. The Hall–Kier alpha value is -1.35. The number of halogens is 2. The van der Waals surface area contributed by atoms with Crippen LogP contribution in [0.25, 0.3) is 0 Å². The van der Waals surface area contributed by atoms with Crippen LogP contribution < -0.4 is 0 Å². The van der Waals surface area contributed by atoms with Gasteiger partial charge in [-0.25, -0.2) is 0 Å². The normalized spacial score (nSPS) is 20.0. The predicted octanol–water partition coefficient (Wildman–Crippen LogP) is 3.83. The molecule has 0 amide bonds. The number of ether oxygens (including phenoxy) is 1. The third-order valence-electron chi connectivity index (χ3n) is 3.29. The van der Waals surface area contributed by atoms with Crippen LogP contribution in [0.15, 0.2) is 48.5 Å². The van der Waals surface area contributed by atoms with Gasteiger partial charge in [0.15, 0.2) is 18.0 Å². The maximum Gasteiger partial charge on any atom is 0.152 e. The van der Waals surface area contributed by atoms with Crippen molar-refractivity contribution in [1.29, 1.82) is 0 Å². The molecule has 2 aromatic rings. The second-order valence-electron chi connectivity index (χ2n) is 4.43. The standard InChI is InChI=1S/C15H10Cl2O2/c16-12-5-1-3-10(7-12)15(14(9-18)19-15)11-4-2-6-13(17)8-11/h1-9,14H. The van der Waals surface area contributed by atoms with Gasteiger partial charge in [0.2, 0.25) is 0 Å². The number of hydrogen-bond donors (Lipinski definition) is 0. The molecule has 2 nitrogen and oxygen atoms in total. The third-order valence-corrected chi connectivity index (χ3v) is 3.76. The molecule has 2 aromatic carbocycles.